The van der Waals surface area contributed by atoms with Gasteiger partial charge in [-0.05, 0) is 18.2 Å². The molecule has 0 aliphatic carbocycles. The molecule has 0 fully saturated rings. The number of hydrogen-bond acceptors (Lipinski definition) is 3. The van der Waals surface area contributed by atoms with Crippen LogP contribution >= 0.6 is 0 Å². The highest BCUT2D eigenvalue weighted by Gasteiger charge is 2.21. The molecule has 0 radical (unpaired) electrons. The van der Waals surface area contributed by atoms with Gasteiger partial charge >= 0.3 is 0 Å². The van der Waals surface area contributed by atoms with Gasteiger partial charge in [0.1, 0.15) is 0 Å². The monoisotopic (exact) mass is 309 g/mol. The van der Waals surface area contributed by atoms with Crippen LogP contribution in [0.25, 0.3) is 11.3 Å². The van der Waals surface area contributed by atoms with E-state index < -0.39 is 0 Å². The highest BCUT2D eigenvalue weighted by molar-refractivity contribution is 5.64. The minimum absolute atomic E-state index is 0.0377. The summed E-state index contributed by atoms with van der Waals surface area (Å²) in [5.41, 5.74) is 5.63. The van der Waals surface area contributed by atoms with Crippen LogP contribution in [-0.2, 0) is 19.0 Å². The summed E-state index contributed by atoms with van der Waals surface area (Å²) in [6, 6.07) is 10.3. The van der Waals surface area contributed by atoms with Crippen molar-refractivity contribution in [2.75, 3.05) is 5.32 Å². The molecule has 0 aliphatic rings. The Bertz CT molecular complexity index is 778. The summed E-state index contributed by atoms with van der Waals surface area (Å²) in [6.07, 6.45) is 3.85. The van der Waals surface area contributed by atoms with Gasteiger partial charge in [-0.25, -0.2) is 0 Å². The standard InChI is InChI=1S/C18H23N5/c1-18(2,3)17-14(12-23(4)22-17)11-19-15-7-5-6-13(10-15)16-8-9-20-21-16/h5-10,12,19H,11H2,1-4H3,(H,20,21). The molecule has 0 saturated carbocycles. The van der Waals surface area contributed by atoms with E-state index in [-0.39, 0.29) is 5.41 Å². The summed E-state index contributed by atoms with van der Waals surface area (Å²) < 4.78 is 1.89. The van der Waals surface area contributed by atoms with Gasteiger partial charge in [-0.15, -0.1) is 0 Å². The maximum Gasteiger partial charge on any atom is 0.0727 e. The van der Waals surface area contributed by atoms with Gasteiger partial charge in [-0.3, -0.25) is 9.78 Å². The highest BCUT2D eigenvalue weighted by atomic mass is 15.3. The van der Waals surface area contributed by atoms with Gasteiger partial charge in [-0.2, -0.15) is 10.2 Å². The molecule has 2 N–H and O–H groups in total. The minimum Gasteiger partial charge on any atom is -0.381 e. The summed E-state index contributed by atoms with van der Waals surface area (Å²) in [4.78, 5) is 0. The maximum absolute atomic E-state index is 4.62. The molecule has 120 valence electrons. The summed E-state index contributed by atoms with van der Waals surface area (Å²) in [5, 5.41) is 15.1. The Hall–Kier alpha value is -2.56. The van der Waals surface area contributed by atoms with Gasteiger partial charge in [0.25, 0.3) is 0 Å². The summed E-state index contributed by atoms with van der Waals surface area (Å²) in [6.45, 7) is 7.33. The van der Waals surface area contributed by atoms with Gasteiger partial charge in [0.15, 0.2) is 0 Å². The molecule has 5 heteroatoms. The van der Waals surface area contributed by atoms with Gasteiger partial charge in [0.05, 0.1) is 11.4 Å². The fourth-order valence-corrected chi connectivity index (χ4v) is 2.71. The molecule has 5 nitrogen and oxygen atoms in total. The van der Waals surface area contributed by atoms with Crippen LogP contribution < -0.4 is 5.32 Å². The van der Waals surface area contributed by atoms with Crippen LogP contribution in [0.3, 0.4) is 0 Å². The van der Waals surface area contributed by atoms with Crippen molar-refractivity contribution in [1.82, 2.24) is 20.0 Å². The van der Waals surface area contributed by atoms with Crippen molar-refractivity contribution in [3.8, 4) is 11.3 Å². The molecule has 2 aromatic heterocycles. The molecule has 2 heterocycles. The lowest BCUT2D eigenvalue weighted by Gasteiger charge is -2.18. The molecular formula is C18H23N5. The third kappa shape index (κ3) is 3.44. The third-order valence-electron chi connectivity index (χ3n) is 3.77. The van der Waals surface area contributed by atoms with Crippen molar-refractivity contribution < 1.29 is 0 Å². The number of nitrogens with one attached hydrogen (secondary N) is 2. The van der Waals surface area contributed by atoms with E-state index in [0.717, 1.165) is 29.2 Å². The first-order valence-electron chi connectivity index (χ1n) is 7.80. The quantitative estimate of drug-likeness (QED) is 0.772. The van der Waals surface area contributed by atoms with Crippen LogP contribution in [0.2, 0.25) is 0 Å². The summed E-state index contributed by atoms with van der Waals surface area (Å²) in [7, 11) is 1.97. The molecule has 0 bridgehead atoms. The van der Waals surface area contributed by atoms with E-state index in [9.17, 15) is 0 Å². The van der Waals surface area contributed by atoms with Crippen LogP contribution in [-0.4, -0.2) is 20.0 Å². The summed E-state index contributed by atoms with van der Waals surface area (Å²) >= 11 is 0. The SMILES string of the molecule is Cn1cc(CNc2cccc(-c3ccn[nH]3)c2)c(C(C)(C)C)n1. The minimum atomic E-state index is 0.0377. The van der Waals surface area contributed by atoms with Crippen LogP contribution in [0.5, 0.6) is 0 Å². The molecule has 0 aliphatic heterocycles. The van der Waals surface area contributed by atoms with Gasteiger partial charge in [-0.1, -0.05) is 32.9 Å². The fourth-order valence-electron chi connectivity index (χ4n) is 2.71. The van der Waals surface area contributed by atoms with E-state index in [1.807, 2.05) is 23.9 Å². The second-order valence-electron chi connectivity index (χ2n) is 6.83. The van der Waals surface area contributed by atoms with Crippen molar-refractivity contribution in [3.63, 3.8) is 0 Å². The van der Waals surface area contributed by atoms with Gasteiger partial charge < -0.3 is 5.32 Å². The number of hydrogen-bond donors (Lipinski definition) is 2. The van der Waals surface area contributed by atoms with Crippen molar-refractivity contribution >= 4 is 5.69 Å². The lowest BCUT2D eigenvalue weighted by molar-refractivity contribution is 0.549. The van der Waals surface area contributed by atoms with Crippen LogP contribution in [0.4, 0.5) is 5.69 Å². The Labute approximate surface area is 136 Å². The van der Waals surface area contributed by atoms with Crippen molar-refractivity contribution in [3.05, 3.63) is 54.0 Å². The average molecular weight is 309 g/mol. The second kappa shape index (κ2) is 5.91. The Balaban J connectivity index is 1.78. The largest absolute Gasteiger partial charge is 0.381 e. The molecule has 23 heavy (non-hydrogen) atoms. The van der Waals surface area contributed by atoms with Crippen LogP contribution in [0.1, 0.15) is 32.0 Å². The second-order valence-corrected chi connectivity index (χ2v) is 6.83. The van der Waals surface area contributed by atoms with Crippen molar-refractivity contribution in [2.24, 2.45) is 7.05 Å². The fraction of sp³-hybridized carbons (Fsp3) is 0.333. The van der Waals surface area contributed by atoms with Crippen molar-refractivity contribution in [2.45, 2.75) is 32.7 Å². The average Bonchev–Trinajstić information content (AvgIpc) is 3.14. The highest BCUT2D eigenvalue weighted by Crippen LogP contribution is 2.25. The first-order chi connectivity index (χ1) is 10.9. The van der Waals surface area contributed by atoms with Crippen molar-refractivity contribution in [1.29, 1.82) is 0 Å². The first kappa shape index (κ1) is 15.3. The molecule has 0 unspecified atom stereocenters. The number of rotatable bonds is 4. The molecule has 0 saturated heterocycles. The van der Waals surface area contributed by atoms with E-state index in [1.54, 1.807) is 6.20 Å². The van der Waals surface area contributed by atoms with E-state index in [0.29, 0.717) is 0 Å². The number of anilines is 1. The number of aryl methyl sites for hydroxylation is 1. The zero-order chi connectivity index (χ0) is 16.4. The Kier molecular flexibility index (Phi) is 3.94. The predicted molar refractivity (Wildman–Crippen MR) is 93.3 cm³/mol. The van der Waals surface area contributed by atoms with E-state index >= 15 is 0 Å². The zero-order valence-corrected chi connectivity index (χ0v) is 14.1. The number of aromatic nitrogens is 4. The molecule has 1 aromatic carbocycles. The van der Waals surface area contributed by atoms with E-state index in [1.165, 1.54) is 5.56 Å². The maximum atomic E-state index is 4.62. The number of nitrogens with zero attached hydrogens (tertiary/aromatic N) is 3. The zero-order valence-electron chi connectivity index (χ0n) is 14.1. The Morgan fingerprint density at radius 1 is 1.22 bits per heavy atom. The molecule has 3 aromatic rings. The third-order valence-corrected chi connectivity index (χ3v) is 3.77. The molecule has 0 amide bonds. The molecule has 0 spiro atoms. The van der Waals surface area contributed by atoms with Gasteiger partial charge in [0.2, 0.25) is 0 Å². The predicted octanol–water partition coefficient (Wildman–Crippen LogP) is 3.72. The van der Waals surface area contributed by atoms with Crippen LogP contribution in [0.15, 0.2) is 42.7 Å². The number of aromatic amines is 1. The Morgan fingerprint density at radius 2 is 2.04 bits per heavy atom. The lowest BCUT2D eigenvalue weighted by Crippen LogP contribution is -2.16. The number of benzene rings is 1. The molecule has 0 atom stereocenters. The number of H-pyrrole nitrogens is 1. The van der Waals surface area contributed by atoms with E-state index in [4.69, 9.17) is 0 Å². The molecular weight excluding hydrogens is 286 g/mol. The Morgan fingerprint density at radius 3 is 2.74 bits per heavy atom. The molecule has 3 rings (SSSR count). The summed E-state index contributed by atoms with van der Waals surface area (Å²) in [5.74, 6) is 0. The first-order valence-corrected chi connectivity index (χ1v) is 7.80. The smallest absolute Gasteiger partial charge is 0.0727 e. The normalized spacial score (nSPS) is 11.7. The van der Waals surface area contributed by atoms with Gasteiger partial charge in [0, 0.05) is 48.2 Å². The lowest BCUT2D eigenvalue weighted by atomic mass is 9.89. The van der Waals surface area contributed by atoms with Crippen LogP contribution in [0, 0.1) is 0 Å². The van der Waals surface area contributed by atoms with E-state index in [2.05, 4.69) is 65.8 Å². The topological polar surface area (TPSA) is 58.5 Å².